The highest BCUT2D eigenvalue weighted by Gasteiger charge is 2.62. The van der Waals surface area contributed by atoms with Gasteiger partial charge in [0.15, 0.2) is 0 Å². The average Bonchev–Trinajstić information content (AvgIpc) is 3.23. The van der Waals surface area contributed by atoms with Gasteiger partial charge in [0.1, 0.15) is 0 Å². The summed E-state index contributed by atoms with van der Waals surface area (Å²) in [5.41, 5.74) is -0.210. The van der Waals surface area contributed by atoms with Gasteiger partial charge in [0.05, 0.1) is 36.7 Å². The van der Waals surface area contributed by atoms with Gasteiger partial charge in [-0.15, -0.1) is 0 Å². The van der Waals surface area contributed by atoms with Gasteiger partial charge in [0, 0.05) is 4.47 Å². The smallest absolute Gasteiger partial charge is 0.338 e. The maximum atomic E-state index is 11.9. The van der Waals surface area contributed by atoms with E-state index in [2.05, 4.69) is 22.0 Å². The standard InChI is InChI=1S/C15H14BrNO4/c1-3-21-14(19)12-7-15(12,8-17)11-6-9(16)4-5-10(11)13(18)20-2/h4-6,12H,3,7H2,1-2H3. The highest BCUT2D eigenvalue weighted by molar-refractivity contribution is 9.10. The molecule has 0 saturated heterocycles. The second kappa shape index (κ2) is 5.86. The Morgan fingerprint density at radius 1 is 1.52 bits per heavy atom. The Morgan fingerprint density at radius 3 is 2.81 bits per heavy atom. The summed E-state index contributed by atoms with van der Waals surface area (Å²) in [6, 6.07) is 7.15. The third-order valence-electron chi connectivity index (χ3n) is 3.60. The number of ether oxygens (including phenoxy) is 2. The number of hydrogen-bond donors (Lipinski definition) is 0. The Morgan fingerprint density at radius 2 is 2.24 bits per heavy atom. The molecule has 0 heterocycles. The van der Waals surface area contributed by atoms with Gasteiger partial charge in [-0.3, -0.25) is 4.79 Å². The van der Waals surface area contributed by atoms with E-state index in [9.17, 15) is 14.9 Å². The van der Waals surface area contributed by atoms with Crippen LogP contribution in [0.25, 0.3) is 0 Å². The number of carbonyl (C=O) groups is 2. The topological polar surface area (TPSA) is 76.4 Å². The van der Waals surface area contributed by atoms with Crippen LogP contribution in [-0.2, 0) is 19.7 Å². The molecule has 2 rings (SSSR count). The molecular formula is C15H14BrNO4. The van der Waals surface area contributed by atoms with Crippen molar-refractivity contribution in [1.29, 1.82) is 5.26 Å². The maximum absolute atomic E-state index is 11.9. The third-order valence-corrected chi connectivity index (χ3v) is 4.09. The summed E-state index contributed by atoms with van der Waals surface area (Å²) in [4.78, 5) is 23.8. The highest BCUT2D eigenvalue weighted by atomic mass is 79.9. The lowest BCUT2D eigenvalue weighted by molar-refractivity contribution is -0.145. The molecule has 0 aliphatic heterocycles. The van der Waals surface area contributed by atoms with Crippen LogP contribution in [0.2, 0.25) is 0 Å². The molecule has 1 fully saturated rings. The van der Waals surface area contributed by atoms with Crippen LogP contribution in [0.15, 0.2) is 22.7 Å². The largest absolute Gasteiger partial charge is 0.466 e. The van der Waals surface area contributed by atoms with Crippen LogP contribution in [-0.4, -0.2) is 25.7 Å². The third kappa shape index (κ3) is 2.66. The Bertz CT molecular complexity index is 637. The first kappa shape index (κ1) is 15.5. The Hall–Kier alpha value is -1.87. The SMILES string of the molecule is CCOC(=O)C1CC1(C#N)c1cc(Br)ccc1C(=O)OC. The van der Waals surface area contributed by atoms with Crippen molar-refractivity contribution in [2.45, 2.75) is 18.8 Å². The zero-order chi connectivity index (χ0) is 15.6. The minimum atomic E-state index is -1.01. The number of nitriles is 1. The number of carbonyl (C=O) groups excluding carboxylic acids is 2. The summed E-state index contributed by atoms with van der Waals surface area (Å²) in [5, 5.41) is 9.54. The van der Waals surface area contributed by atoms with Crippen molar-refractivity contribution in [3.05, 3.63) is 33.8 Å². The van der Waals surface area contributed by atoms with Crippen LogP contribution in [0.3, 0.4) is 0 Å². The first-order valence-electron chi connectivity index (χ1n) is 6.46. The lowest BCUT2D eigenvalue weighted by Crippen LogP contribution is -2.19. The molecule has 110 valence electrons. The van der Waals surface area contributed by atoms with Crippen LogP contribution in [0, 0.1) is 17.2 Å². The van der Waals surface area contributed by atoms with Crippen molar-refractivity contribution in [2.75, 3.05) is 13.7 Å². The highest BCUT2D eigenvalue weighted by Crippen LogP contribution is 2.55. The lowest BCUT2D eigenvalue weighted by Gasteiger charge is -2.14. The second-order valence-corrected chi connectivity index (χ2v) is 5.69. The molecule has 1 aromatic carbocycles. The van der Waals surface area contributed by atoms with Crippen molar-refractivity contribution in [1.82, 2.24) is 0 Å². The number of benzene rings is 1. The zero-order valence-corrected chi connectivity index (χ0v) is 13.3. The minimum absolute atomic E-state index is 0.263. The molecule has 0 spiro atoms. The molecule has 1 saturated carbocycles. The fraction of sp³-hybridized carbons (Fsp3) is 0.400. The molecule has 6 heteroatoms. The minimum Gasteiger partial charge on any atom is -0.466 e. The van der Waals surface area contributed by atoms with Crippen LogP contribution < -0.4 is 0 Å². The summed E-state index contributed by atoms with van der Waals surface area (Å²) in [7, 11) is 1.28. The van der Waals surface area contributed by atoms with E-state index in [1.165, 1.54) is 7.11 Å². The van der Waals surface area contributed by atoms with Crippen LogP contribution >= 0.6 is 15.9 Å². The molecule has 0 N–H and O–H groups in total. The van der Waals surface area contributed by atoms with E-state index in [4.69, 9.17) is 9.47 Å². The average molecular weight is 352 g/mol. The first-order chi connectivity index (χ1) is 10.00. The van der Waals surface area contributed by atoms with E-state index < -0.39 is 23.3 Å². The van der Waals surface area contributed by atoms with Crippen molar-refractivity contribution < 1.29 is 19.1 Å². The van der Waals surface area contributed by atoms with Crippen molar-refractivity contribution in [3.8, 4) is 6.07 Å². The van der Waals surface area contributed by atoms with Gasteiger partial charge in [0.25, 0.3) is 0 Å². The second-order valence-electron chi connectivity index (χ2n) is 4.77. The van der Waals surface area contributed by atoms with Crippen LogP contribution in [0.1, 0.15) is 29.3 Å². The summed E-state index contributed by atoms with van der Waals surface area (Å²) in [6.07, 6.45) is 0.350. The first-order valence-corrected chi connectivity index (χ1v) is 7.25. The molecule has 1 aliphatic rings. The van der Waals surface area contributed by atoms with Crippen molar-refractivity contribution >= 4 is 27.9 Å². The van der Waals surface area contributed by atoms with Crippen molar-refractivity contribution in [2.24, 2.45) is 5.92 Å². The normalized spacial score (nSPS) is 23.0. The van der Waals surface area contributed by atoms with Gasteiger partial charge < -0.3 is 9.47 Å². The van der Waals surface area contributed by atoms with Crippen molar-refractivity contribution in [3.63, 3.8) is 0 Å². The van der Waals surface area contributed by atoms with E-state index in [0.29, 0.717) is 17.5 Å². The fourth-order valence-corrected chi connectivity index (χ4v) is 2.81. The molecule has 0 radical (unpaired) electrons. The van der Waals surface area contributed by atoms with E-state index >= 15 is 0 Å². The predicted molar refractivity (Wildman–Crippen MR) is 77.5 cm³/mol. The molecule has 1 aromatic rings. The Labute approximate surface area is 131 Å². The molecule has 1 aliphatic carbocycles. The number of hydrogen-bond acceptors (Lipinski definition) is 5. The Kier molecular flexibility index (Phi) is 4.33. The number of methoxy groups -OCH3 is 1. The van der Waals surface area contributed by atoms with Gasteiger partial charge >= 0.3 is 11.9 Å². The molecular weight excluding hydrogens is 338 g/mol. The Balaban J connectivity index is 2.46. The zero-order valence-electron chi connectivity index (χ0n) is 11.7. The number of rotatable bonds is 4. The molecule has 5 nitrogen and oxygen atoms in total. The molecule has 0 aromatic heterocycles. The van der Waals surface area contributed by atoms with Crippen LogP contribution in [0.5, 0.6) is 0 Å². The van der Waals surface area contributed by atoms with Gasteiger partial charge in [-0.25, -0.2) is 4.79 Å². The number of halogens is 1. The van der Waals surface area contributed by atoms with Gasteiger partial charge in [0.2, 0.25) is 0 Å². The molecule has 2 unspecified atom stereocenters. The molecule has 0 amide bonds. The predicted octanol–water partition coefficient (Wildman–Crippen LogP) is 2.58. The number of esters is 2. The van der Waals surface area contributed by atoms with Gasteiger partial charge in [-0.05, 0) is 37.1 Å². The van der Waals surface area contributed by atoms with E-state index in [1.54, 1.807) is 25.1 Å². The lowest BCUT2D eigenvalue weighted by atomic mass is 9.90. The molecule has 2 atom stereocenters. The summed E-state index contributed by atoms with van der Waals surface area (Å²) in [5.74, 6) is -1.48. The van der Waals surface area contributed by atoms with Crippen LogP contribution in [0.4, 0.5) is 0 Å². The number of nitrogens with zero attached hydrogens (tertiary/aromatic N) is 1. The molecule has 21 heavy (non-hydrogen) atoms. The van der Waals surface area contributed by atoms with Gasteiger partial charge in [-0.1, -0.05) is 15.9 Å². The quantitative estimate of drug-likeness (QED) is 0.779. The summed E-state index contributed by atoms with van der Waals surface area (Å²) < 4.78 is 10.5. The fourth-order valence-electron chi connectivity index (χ4n) is 2.45. The van der Waals surface area contributed by atoms with Gasteiger partial charge in [-0.2, -0.15) is 5.26 Å². The molecule has 0 bridgehead atoms. The summed E-state index contributed by atoms with van der Waals surface area (Å²) in [6.45, 7) is 1.98. The monoisotopic (exact) mass is 351 g/mol. The van der Waals surface area contributed by atoms with E-state index in [-0.39, 0.29) is 6.61 Å². The maximum Gasteiger partial charge on any atom is 0.338 e. The van der Waals surface area contributed by atoms with E-state index in [0.717, 1.165) is 4.47 Å². The summed E-state index contributed by atoms with van der Waals surface area (Å²) >= 11 is 3.33. The van der Waals surface area contributed by atoms with E-state index in [1.807, 2.05) is 0 Å².